The van der Waals surface area contributed by atoms with Crippen molar-refractivity contribution in [2.24, 2.45) is 0 Å². The number of amides is 1. The van der Waals surface area contributed by atoms with E-state index in [1.165, 1.54) is 0 Å². The number of likely N-dealkylation sites (tertiary alicyclic amines) is 1. The Hall–Kier alpha value is -3.15. The minimum Gasteiger partial charge on any atom is -0.456 e. The van der Waals surface area contributed by atoms with Crippen LogP contribution in [-0.4, -0.2) is 38.2 Å². The van der Waals surface area contributed by atoms with E-state index in [-0.39, 0.29) is 11.9 Å². The zero-order chi connectivity index (χ0) is 17.8. The molecule has 6 heteroatoms. The molecule has 6 nitrogen and oxygen atoms in total. The van der Waals surface area contributed by atoms with Crippen LogP contribution in [0.4, 0.5) is 0 Å². The Balaban J connectivity index is 1.44. The van der Waals surface area contributed by atoms with Gasteiger partial charge in [-0.25, -0.2) is 0 Å². The van der Waals surface area contributed by atoms with E-state index in [2.05, 4.69) is 10.1 Å². The highest BCUT2D eigenvalue weighted by Crippen LogP contribution is 2.24. The largest absolute Gasteiger partial charge is 0.456 e. The molecule has 0 N–H and O–H groups in total. The van der Waals surface area contributed by atoms with Crippen LogP contribution < -0.4 is 4.74 Å². The zero-order valence-electron chi connectivity index (χ0n) is 14.4. The average molecular weight is 348 g/mol. The Morgan fingerprint density at radius 1 is 1.12 bits per heavy atom. The van der Waals surface area contributed by atoms with Crippen molar-refractivity contribution >= 4 is 5.91 Å². The molecular formula is C20H20N4O2. The second-order valence-electron chi connectivity index (χ2n) is 6.34. The zero-order valence-corrected chi connectivity index (χ0v) is 14.4. The van der Waals surface area contributed by atoms with Crippen molar-refractivity contribution < 1.29 is 9.53 Å². The highest BCUT2D eigenvalue weighted by Gasteiger charge is 2.29. The molecule has 1 unspecified atom stereocenters. The highest BCUT2D eigenvalue weighted by atomic mass is 16.5. The van der Waals surface area contributed by atoms with Crippen molar-refractivity contribution in [1.82, 2.24) is 19.7 Å². The average Bonchev–Trinajstić information content (AvgIpc) is 3.35. The van der Waals surface area contributed by atoms with E-state index in [1.54, 1.807) is 18.6 Å². The van der Waals surface area contributed by atoms with Gasteiger partial charge in [-0.3, -0.25) is 14.5 Å². The van der Waals surface area contributed by atoms with Crippen LogP contribution in [0.2, 0.25) is 0 Å². The Kier molecular flexibility index (Phi) is 4.64. The molecule has 0 spiro atoms. The first-order chi connectivity index (χ1) is 12.8. The van der Waals surface area contributed by atoms with Crippen molar-refractivity contribution in [1.29, 1.82) is 0 Å². The van der Waals surface area contributed by atoms with Gasteiger partial charge in [-0.2, -0.15) is 5.10 Å². The normalized spacial score (nSPS) is 16.6. The summed E-state index contributed by atoms with van der Waals surface area (Å²) in [5, 5.41) is 4.25. The molecule has 26 heavy (non-hydrogen) atoms. The van der Waals surface area contributed by atoms with Crippen molar-refractivity contribution in [3.8, 4) is 11.5 Å². The number of nitrogens with zero attached hydrogens (tertiary/aromatic N) is 4. The third-order valence-corrected chi connectivity index (χ3v) is 4.57. The van der Waals surface area contributed by atoms with Gasteiger partial charge in [0.25, 0.3) is 5.91 Å². The number of pyridine rings is 1. The predicted molar refractivity (Wildman–Crippen MR) is 97.0 cm³/mol. The summed E-state index contributed by atoms with van der Waals surface area (Å²) in [5.74, 6) is 1.42. The van der Waals surface area contributed by atoms with Crippen molar-refractivity contribution in [2.75, 3.05) is 6.54 Å². The van der Waals surface area contributed by atoms with Crippen molar-refractivity contribution in [3.63, 3.8) is 0 Å². The Morgan fingerprint density at radius 3 is 2.73 bits per heavy atom. The number of rotatable bonds is 5. The fraction of sp³-hybridized carbons (Fsp3) is 0.250. The molecule has 1 aromatic carbocycles. The third kappa shape index (κ3) is 3.59. The second-order valence-corrected chi connectivity index (χ2v) is 6.34. The molecule has 0 aliphatic carbocycles. The van der Waals surface area contributed by atoms with Gasteiger partial charge in [0, 0.05) is 30.7 Å². The maximum absolute atomic E-state index is 12.9. The van der Waals surface area contributed by atoms with Gasteiger partial charge >= 0.3 is 0 Å². The summed E-state index contributed by atoms with van der Waals surface area (Å²) in [4.78, 5) is 18.9. The summed E-state index contributed by atoms with van der Waals surface area (Å²) in [7, 11) is 0. The molecule has 0 saturated carbocycles. The highest BCUT2D eigenvalue weighted by molar-refractivity contribution is 5.94. The van der Waals surface area contributed by atoms with Crippen LogP contribution in [0.3, 0.4) is 0 Å². The molecule has 1 aliphatic rings. The lowest BCUT2D eigenvalue weighted by Gasteiger charge is -2.25. The summed E-state index contributed by atoms with van der Waals surface area (Å²) >= 11 is 0. The molecule has 4 rings (SSSR count). The van der Waals surface area contributed by atoms with Crippen LogP contribution >= 0.6 is 0 Å². The first kappa shape index (κ1) is 16.3. The molecule has 1 saturated heterocycles. The SMILES string of the molecule is O=C(c1ccc(Oc2cccnc2)cc1)N1CCCC1Cn1cccn1. The lowest BCUT2D eigenvalue weighted by Crippen LogP contribution is -2.38. The van der Waals surface area contributed by atoms with Crippen LogP contribution in [-0.2, 0) is 6.54 Å². The van der Waals surface area contributed by atoms with E-state index < -0.39 is 0 Å². The number of aromatic nitrogens is 3. The van der Waals surface area contributed by atoms with Gasteiger partial charge in [-0.05, 0) is 55.3 Å². The number of carbonyl (C=O) groups excluding carboxylic acids is 1. The van der Waals surface area contributed by atoms with E-state index in [0.717, 1.165) is 25.9 Å². The van der Waals surface area contributed by atoms with E-state index >= 15 is 0 Å². The van der Waals surface area contributed by atoms with Gasteiger partial charge < -0.3 is 9.64 Å². The smallest absolute Gasteiger partial charge is 0.254 e. The van der Waals surface area contributed by atoms with E-state index in [1.807, 2.05) is 58.2 Å². The maximum Gasteiger partial charge on any atom is 0.254 e. The maximum atomic E-state index is 12.9. The third-order valence-electron chi connectivity index (χ3n) is 4.57. The van der Waals surface area contributed by atoms with Gasteiger partial charge in [0.1, 0.15) is 11.5 Å². The molecule has 1 amide bonds. The molecule has 1 fully saturated rings. The lowest BCUT2D eigenvalue weighted by atomic mass is 10.1. The Labute approximate surface area is 152 Å². The number of benzene rings is 1. The number of ether oxygens (including phenoxy) is 1. The van der Waals surface area contributed by atoms with Crippen molar-refractivity contribution in [2.45, 2.75) is 25.4 Å². The summed E-state index contributed by atoms with van der Waals surface area (Å²) in [6.45, 7) is 1.53. The quantitative estimate of drug-likeness (QED) is 0.709. The standard InChI is InChI=1S/C20H20N4O2/c25-20(24-13-2-4-17(24)15-23-12-3-11-22-23)16-6-8-18(9-7-16)26-19-5-1-10-21-14-19/h1,3,5-12,14,17H,2,4,13,15H2. The second kappa shape index (κ2) is 7.39. The summed E-state index contributed by atoms with van der Waals surface area (Å²) in [5.41, 5.74) is 0.677. The molecule has 0 bridgehead atoms. The molecular weight excluding hydrogens is 328 g/mol. The first-order valence-electron chi connectivity index (χ1n) is 8.76. The molecule has 1 atom stereocenters. The van der Waals surface area contributed by atoms with Gasteiger partial charge in [0.15, 0.2) is 0 Å². The van der Waals surface area contributed by atoms with E-state index in [4.69, 9.17) is 4.74 Å². The predicted octanol–water partition coefficient (Wildman–Crippen LogP) is 3.38. The van der Waals surface area contributed by atoms with Crippen LogP contribution in [0.1, 0.15) is 23.2 Å². The monoisotopic (exact) mass is 348 g/mol. The van der Waals surface area contributed by atoms with Gasteiger partial charge in [0.05, 0.1) is 18.8 Å². The molecule has 132 valence electrons. The summed E-state index contributed by atoms with van der Waals surface area (Å²) in [6.07, 6.45) is 9.09. The topological polar surface area (TPSA) is 60.2 Å². The molecule has 2 aromatic heterocycles. The van der Waals surface area contributed by atoms with Gasteiger partial charge in [-0.15, -0.1) is 0 Å². The Morgan fingerprint density at radius 2 is 2.00 bits per heavy atom. The fourth-order valence-corrected chi connectivity index (χ4v) is 3.29. The molecule has 0 radical (unpaired) electrons. The number of hydrogen-bond acceptors (Lipinski definition) is 4. The molecule has 3 heterocycles. The summed E-state index contributed by atoms with van der Waals surface area (Å²) < 4.78 is 7.62. The Bertz CT molecular complexity index is 847. The van der Waals surface area contributed by atoms with Gasteiger partial charge in [-0.1, -0.05) is 0 Å². The van der Waals surface area contributed by atoms with Crippen molar-refractivity contribution in [3.05, 3.63) is 72.8 Å². The first-order valence-corrected chi connectivity index (χ1v) is 8.76. The minimum absolute atomic E-state index is 0.0626. The van der Waals surface area contributed by atoms with Crippen LogP contribution in [0.15, 0.2) is 67.3 Å². The fourth-order valence-electron chi connectivity index (χ4n) is 3.29. The number of hydrogen-bond donors (Lipinski definition) is 0. The summed E-state index contributed by atoms with van der Waals surface area (Å²) in [6, 6.07) is 13.0. The lowest BCUT2D eigenvalue weighted by molar-refractivity contribution is 0.0721. The number of carbonyl (C=O) groups is 1. The van der Waals surface area contributed by atoms with E-state index in [9.17, 15) is 4.79 Å². The molecule has 3 aromatic rings. The van der Waals surface area contributed by atoms with E-state index in [0.29, 0.717) is 17.1 Å². The van der Waals surface area contributed by atoms with Crippen LogP contribution in [0.25, 0.3) is 0 Å². The minimum atomic E-state index is 0.0626. The van der Waals surface area contributed by atoms with Gasteiger partial charge in [0.2, 0.25) is 0 Å². The molecule has 1 aliphatic heterocycles. The van der Waals surface area contributed by atoms with Crippen LogP contribution in [0.5, 0.6) is 11.5 Å². The van der Waals surface area contributed by atoms with Crippen LogP contribution in [0, 0.1) is 0 Å².